The number of hydrogen-bond acceptors (Lipinski definition) is 2. The molecule has 3 heteroatoms. The third-order valence-corrected chi connectivity index (χ3v) is 2.56. The molecule has 86 valence electrons. The Labute approximate surface area is 101 Å². The second-order valence-corrected chi connectivity index (χ2v) is 4.46. The maximum absolute atomic E-state index is 9.14. The van der Waals surface area contributed by atoms with Gasteiger partial charge < -0.3 is 4.98 Å². The molecule has 0 amide bonds. The molecule has 1 heterocycles. The molecule has 0 aliphatic carbocycles. The zero-order valence-corrected chi connectivity index (χ0v) is 10.1. The van der Waals surface area contributed by atoms with Crippen molar-refractivity contribution in [3.05, 3.63) is 36.2 Å². The molecule has 0 bridgehead atoms. The van der Waals surface area contributed by atoms with Crippen molar-refractivity contribution in [2.75, 3.05) is 0 Å². The van der Waals surface area contributed by atoms with Gasteiger partial charge in [-0.1, -0.05) is 32.1 Å². The standard InChI is InChI=1S/C14H15N3/c1-10(2)7-8-11(9-15)14-16-12-5-3-4-6-13(12)17-14/h3-6,8,10H,7H2,1-2H3,(H,16,17)/b11-8+. The summed E-state index contributed by atoms with van der Waals surface area (Å²) in [7, 11) is 0. The van der Waals surface area contributed by atoms with E-state index in [1.165, 1.54) is 0 Å². The molecular formula is C14H15N3. The molecular weight excluding hydrogens is 210 g/mol. The van der Waals surface area contributed by atoms with E-state index in [0.717, 1.165) is 17.5 Å². The average Bonchev–Trinajstić information content (AvgIpc) is 2.72. The highest BCUT2D eigenvalue weighted by molar-refractivity contribution is 5.81. The number of para-hydroxylation sites is 2. The van der Waals surface area contributed by atoms with Gasteiger partial charge in [-0.15, -0.1) is 0 Å². The third-order valence-electron chi connectivity index (χ3n) is 2.56. The lowest BCUT2D eigenvalue weighted by Crippen LogP contribution is -1.88. The Bertz CT molecular complexity index is 552. The quantitative estimate of drug-likeness (QED) is 0.812. The highest BCUT2D eigenvalue weighted by Crippen LogP contribution is 2.17. The monoisotopic (exact) mass is 225 g/mol. The van der Waals surface area contributed by atoms with Gasteiger partial charge in [0.2, 0.25) is 0 Å². The summed E-state index contributed by atoms with van der Waals surface area (Å²) in [6, 6.07) is 9.99. The molecule has 0 saturated heterocycles. The highest BCUT2D eigenvalue weighted by Gasteiger charge is 2.06. The summed E-state index contributed by atoms with van der Waals surface area (Å²) >= 11 is 0. The smallest absolute Gasteiger partial charge is 0.148 e. The van der Waals surface area contributed by atoms with Crippen LogP contribution in [-0.4, -0.2) is 9.97 Å². The zero-order chi connectivity index (χ0) is 12.3. The largest absolute Gasteiger partial charge is 0.337 e. The molecule has 0 aliphatic heterocycles. The lowest BCUT2D eigenvalue weighted by Gasteiger charge is -1.98. The van der Waals surface area contributed by atoms with Gasteiger partial charge in [-0.25, -0.2) is 4.98 Å². The van der Waals surface area contributed by atoms with Crippen LogP contribution in [0.15, 0.2) is 30.3 Å². The molecule has 0 spiro atoms. The van der Waals surface area contributed by atoms with Crippen molar-refractivity contribution >= 4 is 16.6 Å². The molecule has 3 nitrogen and oxygen atoms in total. The van der Waals surface area contributed by atoms with Crippen molar-refractivity contribution in [1.29, 1.82) is 5.26 Å². The van der Waals surface area contributed by atoms with Crippen LogP contribution in [0.1, 0.15) is 26.1 Å². The van der Waals surface area contributed by atoms with Crippen molar-refractivity contribution in [1.82, 2.24) is 9.97 Å². The minimum atomic E-state index is 0.544. The normalized spacial score (nSPS) is 12.0. The Morgan fingerprint density at radius 1 is 1.47 bits per heavy atom. The number of aromatic nitrogens is 2. The minimum absolute atomic E-state index is 0.544. The van der Waals surface area contributed by atoms with Crippen LogP contribution >= 0.6 is 0 Å². The zero-order valence-electron chi connectivity index (χ0n) is 10.1. The molecule has 0 saturated carbocycles. The van der Waals surface area contributed by atoms with Gasteiger partial charge in [-0.05, 0) is 24.5 Å². The number of fused-ring (bicyclic) bond motifs is 1. The first-order valence-electron chi connectivity index (χ1n) is 5.76. The number of nitriles is 1. The van der Waals surface area contributed by atoms with Gasteiger partial charge in [-0.2, -0.15) is 5.26 Å². The van der Waals surface area contributed by atoms with Crippen molar-refractivity contribution in [3.8, 4) is 6.07 Å². The number of nitrogens with zero attached hydrogens (tertiary/aromatic N) is 2. The first-order chi connectivity index (χ1) is 8.20. The number of nitrogens with one attached hydrogen (secondary N) is 1. The number of imidazole rings is 1. The molecule has 0 aliphatic rings. The first-order valence-corrected chi connectivity index (χ1v) is 5.76. The van der Waals surface area contributed by atoms with E-state index in [4.69, 9.17) is 5.26 Å². The summed E-state index contributed by atoms with van der Waals surface area (Å²) in [6.07, 6.45) is 2.84. The van der Waals surface area contributed by atoms with Crippen LogP contribution in [0.4, 0.5) is 0 Å². The molecule has 0 radical (unpaired) electrons. The summed E-state index contributed by atoms with van der Waals surface area (Å²) in [5.74, 6) is 1.21. The number of H-pyrrole nitrogens is 1. The van der Waals surface area contributed by atoms with Gasteiger partial charge in [0.05, 0.1) is 16.6 Å². The van der Waals surface area contributed by atoms with E-state index in [1.807, 2.05) is 30.3 Å². The van der Waals surface area contributed by atoms with Gasteiger partial charge in [0.15, 0.2) is 0 Å². The fourth-order valence-electron chi connectivity index (χ4n) is 1.63. The van der Waals surface area contributed by atoms with E-state index in [2.05, 4.69) is 29.9 Å². The Morgan fingerprint density at radius 2 is 2.24 bits per heavy atom. The van der Waals surface area contributed by atoms with Crippen LogP contribution in [-0.2, 0) is 0 Å². The molecule has 0 atom stereocenters. The Balaban J connectivity index is 2.37. The van der Waals surface area contributed by atoms with Gasteiger partial charge in [0, 0.05) is 0 Å². The number of rotatable bonds is 3. The summed E-state index contributed by atoms with van der Waals surface area (Å²) in [5, 5.41) is 9.14. The number of aromatic amines is 1. The molecule has 0 fully saturated rings. The van der Waals surface area contributed by atoms with E-state index in [0.29, 0.717) is 17.3 Å². The van der Waals surface area contributed by atoms with E-state index in [1.54, 1.807) is 0 Å². The molecule has 0 unspecified atom stereocenters. The van der Waals surface area contributed by atoms with Gasteiger partial charge in [0.1, 0.15) is 11.9 Å². The lowest BCUT2D eigenvalue weighted by molar-refractivity contribution is 0.664. The van der Waals surface area contributed by atoms with E-state index >= 15 is 0 Å². The third kappa shape index (κ3) is 2.54. The minimum Gasteiger partial charge on any atom is -0.337 e. The highest BCUT2D eigenvalue weighted by atomic mass is 14.9. The van der Waals surface area contributed by atoms with E-state index < -0.39 is 0 Å². The molecule has 1 N–H and O–H groups in total. The summed E-state index contributed by atoms with van der Waals surface area (Å²) < 4.78 is 0. The predicted octanol–water partition coefficient (Wildman–Crippen LogP) is 3.52. The number of hydrogen-bond donors (Lipinski definition) is 1. The SMILES string of the molecule is CC(C)C/C=C(\C#N)c1nc2ccccc2[nH]1. The van der Waals surface area contributed by atoms with E-state index in [-0.39, 0.29) is 0 Å². The van der Waals surface area contributed by atoms with Crippen molar-refractivity contribution in [3.63, 3.8) is 0 Å². The van der Waals surface area contributed by atoms with Gasteiger partial charge in [0.25, 0.3) is 0 Å². The van der Waals surface area contributed by atoms with Crippen LogP contribution in [0, 0.1) is 17.2 Å². The number of allylic oxidation sites excluding steroid dienone is 2. The van der Waals surface area contributed by atoms with Crippen LogP contribution in [0.3, 0.4) is 0 Å². The summed E-state index contributed by atoms with van der Waals surface area (Å²) in [5.41, 5.74) is 2.48. The average molecular weight is 225 g/mol. The van der Waals surface area contributed by atoms with Crippen molar-refractivity contribution in [2.24, 2.45) is 5.92 Å². The van der Waals surface area contributed by atoms with Crippen molar-refractivity contribution < 1.29 is 0 Å². The molecule has 2 aromatic rings. The second kappa shape index (κ2) is 4.84. The topological polar surface area (TPSA) is 52.5 Å². The van der Waals surface area contributed by atoms with Crippen LogP contribution in [0.5, 0.6) is 0 Å². The van der Waals surface area contributed by atoms with Gasteiger partial charge >= 0.3 is 0 Å². The molecule has 17 heavy (non-hydrogen) atoms. The Kier molecular flexibility index (Phi) is 3.24. The Morgan fingerprint density at radius 3 is 2.88 bits per heavy atom. The predicted molar refractivity (Wildman–Crippen MR) is 69.1 cm³/mol. The Hall–Kier alpha value is -2.08. The number of benzene rings is 1. The van der Waals surface area contributed by atoms with Crippen LogP contribution < -0.4 is 0 Å². The fourth-order valence-corrected chi connectivity index (χ4v) is 1.63. The molecule has 1 aromatic carbocycles. The van der Waals surface area contributed by atoms with E-state index in [9.17, 15) is 0 Å². The fraction of sp³-hybridized carbons (Fsp3) is 0.286. The van der Waals surface area contributed by atoms with Crippen LogP contribution in [0.25, 0.3) is 16.6 Å². The summed E-state index contributed by atoms with van der Waals surface area (Å²) in [4.78, 5) is 7.58. The maximum Gasteiger partial charge on any atom is 0.148 e. The van der Waals surface area contributed by atoms with Crippen molar-refractivity contribution in [2.45, 2.75) is 20.3 Å². The van der Waals surface area contributed by atoms with Gasteiger partial charge in [-0.3, -0.25) is 0 Å². The van der Waals surface area contributed by atoms with Crippen LogP contribution in [0.2, 0.25) is 0 Å². The first kappa shape index (κ1) is 11.4. The lowest BCUT2D eigenvalue weighted by atomic mass is 10.1. The molecule has 2 rings (SSSR count). The second-order valence-electron chi connectivity index (χ2n) is 4.46. The maximum atomic E-state index is 9.14. The summed E-state index contributed by atoms with van der Waals surface area (Å²) in [6.45, 7) is 4.26. The molecule has 1 aromatic heterocycles.